The summed E-state index contributed by atoms with van der Waals surface area (Å²) in [5.74, 6) is 0.169. The number of hydrogen-bond acceptors (Lipinski definition) is 2. The third-order valence-corrected chi connectivity index (χ3v) is 5.68. The Labute approximate surface area is 143 Å². The average Bonchev–Trinajstić information content (AvgIpc) is 2.63. The SMILES string of the molecule is CN1CC2(CCN(Cc3ccccc3)CC2)c2ccccc2C1=O. The van der Waals surface area contributed by atoms with E-state index in [1.807, 2.05) is 24.1 Å². The van der Waals surface area contributed by atoms with Gasteiger partial charge in [-0.05, 0) is 43.1 Å². The normalized spacial score (nSPS) is 20.2. The lowest BCUT2D eigenvalue weighted by Gasteiger charge is -2.47. The maximum absolute atomic E-state index is 12.5. The number of rotatable bonds is 2. The number of carbonyl (C=O) groups excluding carboxylic acids is 1. The molecule has 3 heteroatoms. The Hall–Kier alpha value is -2.13. The zero-order valence-corrected chi connectivity index (χ0v) is 14.2. The van der Waals surface area contributed by atoms with E-state index in [1.165, 1.54) is 11.1 Å². The lowest BCUT2D eigenvalue weighted by molar-refractivity contribution is 0.0635. The number of benzene rings is 2. The van der Waals surface area contributed by atoms with Gasteiger partial charge >= 0.3 is 0 Å². The smallest absolute Gasteiger partial charge is 0.253 e. The summed E-state index contributed by atoms with van der Waals surface area (Å²) in [5.41, 5.74) is 3.69. The maximum Gasteiger partial charge on any atom is 0.253 e. The van der Waals surface area contributed by atoms with Crippen molar-refractivity contribution >= 4 is 5.91 Å². The number of piperidine rings is 1. The number of carbonyl (C=O) groups is 1. The molecule has 0 aliphatic carbocycles. The predicted molar refractivity (Wildman–Crippen MR) is 96.0 cm³/mol. The second-order valence-electron chi connectivity index (χ2n) is 7.25. The van der Waals surface area contributed by atoms with E-state index >= 15 is 0 Å². The Morgan fingerprint density at radius 3 is 2.38 bits per heavy atom. The van der Waals surface area contributed by atoms with Gasteiger partial charge in [0.15, 0.2) is 0 Å². The van der Waals surface area contributed by atoms with Crippen molar-refractivity contribution in [2.24, 2.45) is 0 Å². The predicted octanol–water partition coefficient (Wildman–Crippen LogP) is 3.31. The van der Waals surface area contributed by atoms with Gasteiger partial charge in [0.1, 0.15) is 0 Å². The molecule has 1 saturated heterocycles. The molecular weight excluding hydrogens is 296 g/mol. The van der Waals surface area contributed by atoms with Crippen LogP contribution >= 0.6 is 0 Å². The molecule has 2 aromatic rings. The summed E-state index contributed by atoms with van der Waals surface area (Å²) in [4.78, 5) is 16.9. The van der Waals surface area contributed by atoms with E-state index in [0.717, 1.165) is 44.6 Å². The molecule has 124 valence electrons. The van der Waals surface area contributed by atoms with Crippen LogP contribution in [-0.4, -0.2) is 42.4 Å². The Morgan fingerprint density at radius 1 is 0.958 bits per heavy atom. The summed E-state index contributed by atoms with van der Waals surface area (Å²) in [6, 6.07) is 18.9. The molecule has 0 saturated carbocycles. The fraction of sp³-hybridized carbons (Fsp3) is 0.381. The average molecular weight is 320 g/mol. The van der Waals surface area contributed by atoms with E-state index in [0.29, 0.717) is 0 Å². The van der Waals surface area contributed by atoms with Crippen LogP contribution in [0, 0.1) is 0 Å². The van der Waals surface area contributed by atoms with Gasteiger partial charge in [0.05, 0.1) is 0 Å². The molecule has 24 heavy (non-hydrogen) atoms. The van der Waals surface area contributed by atoms with Crippen molar-refractivity contribution in [2.75, 3.05) is 26.7 Å². The number of nitrogens with zero attached hydrogens (tertiary/aromatic N) is 2. The highest BCUT2D eigenvalue weighted by atomic mass is 16.2. The molecule has 3 nitrogen and oxygen atoms in total. The zero-order chi connectivity index (χ0) is 16.6. The Kier molecular flexibility index (Phi) is 3.89. The maximum atomic E-state index is 12.5. The molecule has 1 fully saturated rings. The van der Waals surface area contributed by atoms with E-state index in [4.69, 9.17) is 0 Å². The van der Waals surface area contributed by atoms with Gasteiger partial charge in [0.25, 0.3) is 5.91 Å². The third-order valence-electron chi connectivity index (χ3n) is 5.68. The molecule has 0 atom stereocenters. The van der Waals surface area contributed by atoms with Gasteiger partial charge in [-0.3, -0.25) is 9.69 Å². The Balaban J connectivity index is 1.54. The van der Waals surface area contributed by atoms with Crippen LogP contribution in [0.4, 0.5) is 0 Å². The highest BCUT2D eigenvalue weighted by Gasteiger charge is 2.43. The van der Waals surface area contributed by atoms with Crippen molar-refractivity contribution < 1.29 is 4.79 Å². The van der Waals surface area contributed by atoms with Gasteiger partial charge in [0, 0.05) is 31.1 Å². The number of likely N-dealkylation sites (N-methyl/N-ethyl adjacent to an activating group) is 1. The van der Waals surface area contributed by atoms with Crippen molar-refractivity contribution in [3.05, 3.63) is 71.3 Å². The molecule has 0 N–H and O–H groups in total. The molecule has 2 heterocycles. The van der Waals surface area contributed by atoms with Crippen LogP contribution in [0.3, 0.4) is 0 Å². The van der Waals surface area contributed by atoms with Gasteiger partial charge in [-0.2, -0.15) is 0 Å². The first-order valence-electron chi connectivity index (χ1n) is 8.79. The molecule has 0 unspecified atom stereocenters. The lowest BCUT2D eigenvalue weighted by Crippen LogP contribution is -2.53. The van der Waals surface area contributed by atoms with E-state index in [2.05, 4.69) is 47.4 Å². The third kappa shape index (κ3) is 2.63. The number of hydrogen-bond donors (Lipinski definition) is 0. The van der Waals surface area contributed by atoms with E-state index in [1.54, 1.807) is 0 Å². The minimum absolute atomic E-state index is 0.131. The summed E-state index contributed by atoms with van der Waals surface area (Å²) in [5, 5.41) is 0. The van der Waals surface area contributed by atoms with Crippen molar-refractivity contribution in [2.45, 2.75) is 24.8 Å². The second kappa shape index (κ2) is 6.06. The minimum atomic E-state index is 0.131. The van der Waals surface area contributed by atoms with Gasteiger partial charge < -0.3 is 4.90 Å². The topological polar surface area (TPSA) is 23.6 Å². The fourth-order valence-corrected chi connectivity index (χ4v) is 4.36. The molecule has 2 aliphatic heterocycles. The quantitative estimate of drug-likeness (QED) is 0.847. The molecular formula is C21H24N2O. The number of fused-ring (bicyclic) bond motifs is 2. The molecule has 1 amide bonds. The zero-order valence-electron chi connectivity index (χ0n) is 14.2. The summed E-state index contributed by atoms with van der Waals surface area (Å²) in [6.07, 6.45) is 2.24. The van der Waals surface area contributed by atoms with Crippen LogP contribution in [0.1, 0.15) is 34.3 Å². The van der Waals surface area contributed by atoms with Gasteiger partial charge in [-0.15, -0.1) is 0 Å². The van der Waals surface area contributed by atoms with Crippen molar-refractivity contribution in [1.29, 1.82) is 0 Å². The van der Waals surface area contributed by atoms with Crippen LogP contribution < -0.4 is 0 Å². The van der Waals surface area contributed by atoms with Crippen molar-refractivity contribution in [1.82, 2.24) is 9.80 Å². The molecule has 2 aromatic carbocycles. The first-order valence-corrected chi connectivity index (χ1v) is 8.79. The highest BCUT2D eigenvalue weighted by molar-refractivity contribution is 5.97. The van der Waals surface area contributed by atoms with E-state index < -0.39 is 0 Å². The standard InChI is InChI=1S/C21H24N2O/c1-22-16-21(19-10-6-5-9-18(19)20(22)24)11-13-23(14-12-21)15-17-7-3-2-4-8-17/h2-10H,11-16H2,1H3. The van der Waals surface area contributed by atoms with Gasteiger partial charge in [0.2, 0.25) is 0 Å². The fourth-order valence-electron chi connectivity index (χ4n) is 4.36. The largest absolute Gasteiger partial charge is 0.341 e. The molecule has 0 aromatic heterocycles. The molecule has 2 aliphatic rings. The van der Waals surface area contributed by atoms with Crippen LogP contribution in [0.2, 0.25) is 0 Å². The summed E-state index contributed by atoms with van der Waals surface area (Å²) < 4.78 is 0. The van der Waals surface area contributed by atoms with E-state index in [9.17, 15) is 4.79 Å². The lowest BCUT2D eigenvalue weighted by atomic mass is 9.68. The monoisotopic (exact) mass is 320 g/mol. The van der Waals surface area contributed by atoms with Crippen LogP contribution in [0.25, 0.3) is 0 Å². The van der Waals surface area contributed by atoms with Crippen molar-refractivity contribution in [3.63, 3.8) is 0 Å². The van der Waals surface area contributed by atoms with Crippen LogP contribution in [0.5, 0.6) is 0 Å². The van der Waals surface area contributed by atoms with E-state index in [-0.39, 0.29) is 11.3 Å². The van der Waals surface area contributed by atoms with Crippen LogP contribution in [-0.2, 0) is 12.0 Å². The number of likely N-dealkylation sites (tertiary alicyclic amines) is 1. The Bertz CT molecular complexity index is 733. The molecule has 0 bridgehead atoms. The first-order chi connectivity index (χ1) is 11.7. The molecule has 4 rings (SSSR count). The summed E-state index contributed by atoms with van der Waals surface area (Å²) in [7, 11) is 1.94. The summed E-state index contributed by atoms with van der Waals surface area (Å²) in [6.45, 7) is 4.05. The second-order valence-corrected chi connectivity index (χ2v) is 7.25. The van der Waals surface area contributed by atoms with Crippen molar-refractivity contribution in [3.8, 4) is 0 Å². The Morgan fingerprint density at radius 2 is 1.62 bits per heavy atom. The van der Waals surface area contributed by atoms with Gasteiger partial charge in [-0.25, -0.2) is 0 Å². The minimum Gasteiger partial charge on any atom is -0.341 e. The first kappa shape index (κ1) is 15.4. The van der Waals surface area contributed by atoms with Crippen LogP contribution in [0.15, 0.2) is 54.6 Å². The molecule has 1 spiro atoms. The molecule has 0 radical (unpaired) electrons. The summed E-state index contributed by atoms with van der Waals surface area (Å²) >= 11 is 0. The number of amides is 1. The van der Waals surface area contributed by atoms with Gasteiger partial charge in [-0.1, -0.05) is 48.5 Å². The highest BCUT2D eigenvalue weighted by Crippen LogP contribution is 2.41.